The first kappa shape index (κ1) is 50.2. The van der Waals surface area contributed by atoms with E-state index < -0.39 is 36.9 Å². The molecule has 0 radical (unpaired) electrons. The summed E-state index contributed by atoms with van der Waals surface area (Å²) in [6.45, 7) is 4.18. The number of aryl methyl sites for hydroxylation is 3. The molecule has 19 nitrogen and oxygen atoms in total. The number of amides is 2. The second-order valence-electron chi connectivity index (χ2n) is 17.8. The molecule has 1 fully saturated rings. The number of aliphatic hydroxyl groups is 1. The number of aromatic nitrogens is 4. The number of nitriles is 1. The molecule has 0 aliphatic carbocycles. The van der Waals surface area contributed by atoms with Gasteiger partial charge in [-0.3, -0.25) is 9.59 Å². The lowest BCUT2D eigenvalue weighted by Crippen LogP contribution is -2.51. The fraction of sp³-hybridized carbons (Fsp3) is 0.320. The number of H-pyrrole nitrogens is 1. The molecule has 1 saturated heterocycles. The van der Waals surface area contributed by atoms with Gasteiger partial charge in [0.1, 0.15) is 30.2 Å². The van der Waals surface area contributed by atoms with Crippen LogP contribution >= 0.6 is 0 Å². The Bertz CT molecular complexity index is 3370. The number of nitrogens with two attached hydrogens (primary N) is 1. The fourth-order valence-corrected chi connectivity index (χ4v) is 11.8. The van der Waals surface area contributed by atoms with Crippen molar-refractivity contribution in [3.05, 3.63) is 154 Å². The van der Waals surface area contributed by atoms with Crippen LogP contribution in [0.5, 0.6) is 0 Å². The summed E-state index contributed by atoms with van der Waals surface area (Å²) in [6.07, 6.45) is 8.64. The summed E-state index contributed by atoms with van der Waals surface area (Å²) in [5, 5.41) is 37.9. The highest BCUT2D eigenvalue weighted by Gasteiger charge is 2.35. The lowest BCUT2D eigenvalue weighted by Gasteiger charge is -2.33. The summed E-state index contributed by atoms with van der Waals surface area (Å²) in [6, 6.07) is 27.8. The number of hydrogen-bond acceptors (Lipinski definition) is 11. The minimum Gasteiger partial charge on any atom is -0.396 e. The predicted octanol–water partition coefficient (Wildman–Crippen LogP) is 5.47. The smallest absolute Gasteiger partial charge is 0.396 e. The van der Waals surface area contributed by atoms with Crippen LogP contribution in [0.25, 0.3) is 21.7 Å². The predicted molar refractivity (Wildman–Crippen MR) is 264 cm³/mol. The van der Waals surface area contributed by atoms with Crippen molar-refractivity contribution in [1.82, 2.24) is 33.6 Å². The van der Waals surface area contributed by atoms with Gasteiger partial charge in [0.05, 0.1) is 22.3 Å². The summed E-state index contributed by atoms with van der Waals surface area (Å²) in [7, 11) is -8.19. The summed E-state index contributed by atoms with van der Waals surface area (Å²) >= 11 is 0. The van der Waals surface area contributed by atoms with E-state index >= 15 is 0 Å². The lowest BCUT2D eigenvalue weighted by atomic mass is 9.89. The first-order valence-electron chi connectivity index (χ1n) is 23.2. The molecule has 4 aromatic carbocycles. The van der Waals surface area contributed by atoms with E-state index in [0.29, 0.717) is 74.1 Å². The zero-order valence-electron chi connectivity index (χ0n) is 38.9. The molecule has 2 unspecified atom stereocenters. The molecule has 0 saturated carbocycles. The van der Waals surface area contributed by atoms with E-state index in [2.05, 4.69) is 20.8 Å². The van der Waals surface area contributed by atoms with E-state index in [1.807, 2.05) is 49.4 Å². The van der Waals surface area contributed by atoms with E-state index in [-0.39, 0.29) is 59.5 Å². The number of benzene rings is 4. The number of nitro groups is 1. The third kappa shape index (κ3) is 11.2. The van der Waals surface area contributed by atoms with Crippen molar-refractivity contribution >= 4 is 59.5 Å². The summed E-state index contributed by atoms with van der Waals surface area (Å²) in [5.41, 5.74) is 4.46. The minimum atomic E-state index is -4.23. The van der Waals surface area contributed by atoms with Gasteiger partial charge in [0.15, 0.2) is 0 Å². The van der Waals surface area contributed by atoms with Gasteiger partial charge < -0.3 is 34.6 Å². The van der Waals surface area contributed by atoms with Crippen molar-refractivity contribution in [3.63, 3.8) is 0 Å². The molecule has 2 atom stereocenters. The highest BCUT2D eigenvalue weighted by molar-refractivity contribution is 7.89. The van der Waals surface area contributed by atoms with Crippen molar-refractivity contribution < 1.29 is 36.5 Å². The van der Waals surface area contributed by atoms with Gasteiger partial charge in [-0.2, -0.15) is 9.98 Å². The second kappa shape index (κ2) is 21.4. The minimum absolute atomic E-state index is 0.0768. The Hall–Kier alpha value is -7.22. The van der Waals surface area contributed by atoms with Crippen molar-refractivity contribution in [2.75, 3.05) is 26.2 Å². The van der Waals surface area contributed by atoms with E-state index in [1.54, 1.807) is 69.2 Å². The molecule has 7 aromatic rings. The van der Waals surface area contributed by atoms with Crippen molar-refractivity contribution in [3.8, 4) is 6.07 Å². The Morgan fingerprint density at radius 1 is 0.901 bits per heavy atom. The standard InChI is InChI=1S/C27H27N5O5S.C23H27N5O4S/c1-18-16-24(25(38(28,36)37)22-9-5-4-8-21(18)22)23(11-14-30-15-12-29-27(30)32(34)35)26(33)31-13-10-19-6-2-3-7-20(19)17-31;24-15-19-2-1-10-27(19)13-8-21(23(30)28-11-6-17(16-29)7-12-28)26-33(31,32)20-4-3-18-5-9-25-22(18)14-20/h2-9,12,15-16,23H,10-11,13-14,17H2,1H3,(H2,28,36,37);1-5,9-10,14,17,21,25-26,29H,6-8,11-13,16H2. The number of fused-ring (bicyclic) bond motifs is 3. The molecule has 5 N–H and O–H groups in total. The van der Waals surface area contributed by atoms with Crippen LogP contribution in [0.2, 0.25) is 0 Å². The molecule has 0 spiro atoms. The maximum atomic E-state index is 14.1. The Morgan fingerprint density at radius 2 is 1.62 bits per heavy atom. The van der Waals surface area contributed by atoms with Gasteiger partial charge in [0, 0.05) is 62.6 Å². The molecule has 0 bridgehead atoms. The number of nitrogens with one attached hydrogen (secondary N) is 2. The van der Waals surface area contributed by atoms with E-state index in [1.165, 1.54) is 28.6 Å². The quantitative estimate of drug-likeness (QED) is 0.0739. The maximum Gasteiger partial charge on any atom is 0.434 e. The van der Waals surface area contributed by atoms with Gasteiger partial charge in [-0.25, -0.2) is 26.5 Å². The van der Waals surface area contributed by atoms with E-state index in [9.17, 15) is 46.9 Å². The number of aromatic amines is 1. The van der Waals surface area contributed by atoms with Crippen LogP contribution in [-0.4, -0.2) is 99.9 Å². The van der Waals surface area contributed by atoms with Crippen LogP contribution in [0.1, 0.15) is 59.5 Å². The number of imidazole rings is 1. The number of carbonyl (C=O) groups is 2. The van der Waals surface area contributed by atoms with Crippen LogP contribution in [-0.2, 0) is 55.7 Å². The van der Waals surface area contributed by atoms with Gasteiger partial charge in [0.25, 0.3) is 0 Å². The molecular formula is C50H54N10O9S2. The molecule has 2 aliphatic rings. The second-order valence-corrected chi connectivity index (χ2v) is 21.1. The highest BCUT2D eigenvalue weighted by Crippen LogP contribution is 2.37. The van der Waals surface area contributed by atoms with Gasteiger partial charge in [-0.1, -0.05) is 65.6 Å². The Labute approximate surface area is 410 Å². The Morgan fingerprint density at radius 3 is 2.34 bits per heavy atom. The molecule has 9 rings (SSSR count). The molecule has 3 aromatic heterocycles. The fourth-order valence-electron chi connectivity index (χ4n) is 9.58. The molecule has 2 amide bonds. The van der Waals surface area contributed by atoms with Crippen LogP contribution < -0.4 is 9.86 Å². The number of sulfonamides is 2. The van der Waals surface area contributed by atoms with Gasteiger partial charge in [-0.15, -0.1) is 0 Å². The third-order valence-electron chi connectivity index (χ3n) is 13.4. The Balaban J connectivity index is 0.000000192. The normalized spacial score (nSPS) is 15.1. The van der Waals surface area contributed by atoms with Crippen LogP contribution in [0.4, 0.5) is 5.95 Å². The van der Waals surface area contributed by atoms with Crippen LogP contribution in [0.3, 0.4) is 0 Å². The zero-order valence-corrected chi connectivity index (χ0v) is 40.6. The molecule has 2 aliphatic heterocycles. The number of aliphatic hydroxyl groups excluding tert-OH is 1. The third-order valence-corrected chi connectivity index (χ3v) is 15.9. The summed E-state index contributed by atoms with van der Waals surface area (Å²) in [4.78, 5) is 48.5. The van der Waals surface area contributed by atoms with E-state index in [4.69, 9.17) is 5.14 Å². The molecule has 370 valence electrons. The van der Waals surface area contributed by atoms with Crippen molar-refractivity contribution in [2.45, 2.75) is 80.4 Å². The molecule has 5 heterocycles. The number of rotatable bonds is 15. The number of nitrogens with zero attached hydrogens (tertiary/aromatic N) is 7. The lowest BCUT2D eigenvalue weighted by molar-refractivity contribution is -0.396. The number of primary sulfonamides is 1. The number of piperidine rings is 1. The van der Waals surface area contributed by atoms with Gasteiger partial charge >= 0.3 is 5.95 Å². The number of likely N-dealkylation sites (tertiary alicyclic amines) is 1. The summed E-state index contributed by atoms with van der Waals surface area (Å²) < 4.78 is 58.0. The van der Waals surface area contributed by atoms with Crippen molar-refractivity contribution in [2.24, 2.45) is 11.1 Å². The average molecular weight is 1000 g/mol. The van der Waals surface area contributed by atoms with E-state index in [0.717, 1.165) is 21.9 Å². The van der Waals surface area contributed by atoms with Crippen LogP contribution in [0.15, 0.2) is 126 Å². The zero-order chi connectivity index (χ0) is 50.5. The number of carbonyl (C=O) groups excluding carboxylic acids is 2. The first-order valence-corrected chi connectivity index (χ1v) is 26.2. The molecule has 71 heavy (non-hydrogen) atoms. The molecular weight excluding hydrogens is 949 g/mol. The van der Waals surface area contributed by atoms with Gasteiger partial charge in [-0.05, 0) is 113 Å². The number of hydrogen-bond donors (Lipinski definition) is 4. The largest absolute Gasteiger partial charge is 0.434 e. The molecule has 21 heteroatoms. The Kier molecular flexibility index (Phi) is 15.1. The average Bonchev–Trinajstić information content (AvgIpc) is 4.16. The SMILES string of the molecule is Cc1cc(C(CCn2ccnc2[N+](=O)[O-])C(=O)N2CCc3ccccc3C2)c(S(N)(=O)=O)c2ccccc12.N#Cc1cccn1CCC(NS(=O)(=O)c1ccc2cc[nH]c2c1)C(=O)N1CCC(CO)CC1. The maximum absolute atomic E-state index is 14.1. The summed E-state index contributed by atoms with van der Waals surface area (Å²) in [5.74, 6) is -1.62. The van der Waals surface area contributed by atoms with Crippen LogP contribution in [0, 0.1) is 34.3 Å². The highest BCUT2D eigenvalue weighted by atomic mass is 32.2. The first-order chi connectivity index (χ1) is 34.1. The monoisotopic (exact) mass is 1000 g/mol. The topological polar surface area (TPSA) is 273 Å². The van der Waals surface area contributed by atoms with Crippen molar-refractivity contribution in [1.29, 1.82) is 5.26 Å². The van der Waals surface area contributed by atoms with Gasteiger partial charge in [0.2, 0.25) is 31.9 Å².